The highest BCUT2D eigenvalue weighted by molar-refractivity contribution is 5.64. The number of fused-ring (bicyclic) bond motifs is 1. The lowest BCUT2D eigenvalue weighted by Gasteiger charge is -2.33. The van der Waals surface area contributed by atoms with Crippen LogP contribution in [0.2, 0.25) is 0 Å². The molecule has 0 amide bonds. The predicted octanol–water partition coefficient (Wildman–Crippen LogP) is 2.18. The van der Waals surface area contributed by atoms with Crippen molar-refractivity contribution in [2.45, 2.75) is 20.3 Å². The Labute approximate surface area is 124 Å². The molecule has 0 spiro atoms. The first-order valence-electron chi connectivity index (χ1n) is 7.17. The Bertz CT molecular complexity index is 646. The van der Waals surface area contributed by atoms with Crippen LogP contribution in [0.1, 0.15) is 19.4 Å². The van der Waals surface area contributed by atoms with Crippen LogP contribution in [0.5, 0.6) is 6.01 Å². The van der Waals surface area contributed by atoms with Gasteiger partial charge in [-0.15, -0.1) is 0 Å². The summed E-state index contributed by atoms with van der Waals surface area (Å²) in [4.78, 5) is 14.7. The van der Waals surface area contributed by atoms with Crippen molar-refractivity contribution in [2.24, 2.45) is 5.92 Å². The quantitative estimate of drug-likeness (QED) is 0.931. The Morgan fingerprint density at radius 3 is 2.90 bits per heavy atom. The molecule has 6 heteroatoms. The van der Waals surface area contributed by atoms with Crippen molar-refractivity contribution in [3.05, 3.63) is 29.8 Å². The van der Waals surface area contributed by atoms with Crippen molar-refractivity contribution in [1.82, 2.24) is 15.0 Å². The maximum Gasteiger partial charge on any atom is 0.323 e. The SMILES string of the molecule is CCOc1nc(N)nc(N2CC(C)Cc3ccccc32)n1. The number of rotatable bonds is 3. The monoisotopic (exact) mass is 285 g/mol. The summed E-state index contributed by atoms with van der Waals surface area (Å²) < 4.78 is 5.36. The molecule has 1 aliphatic heterocycles. The first-order chi connectivity index (χ1) is 10.2. The van der Waals surface area contributed by atoms with Crippen LogP contribution >= 0.6 is 0 Å². The van der Waals surface area contributed by atoms with Gasteiger partial charge >= 0.3 is 6.01 Å². The standard InChI is InChI=1S/C15H19N5O/c1-3-21-15-18-13(16)17-14(19-15)20-9-10(2)8-11-6-4-5-7-12(11)20/h4-7,10H,3,8-9H2,1-2H3,(H2,16,17,18,19). The van der Waals surface area contributed by atoms with Gasteiger partial charge in [-0.2, -0.15) is 15.0 Å². The lowest BCUT2D eigenvalue weighted by molar-refractivity contribution is 0.312. The molecule has 0 fully saturated rings. The van der Waals surface area contributed by atoms with E-state index in [9.17, 15) is 0 Å². The predicted molar refractivity (Wildman–Crippen MR) is 81.7 cm³/mol. The van der Waals surface area contributed by atoms with Gasteiger partial charge in [0.05, 0.1) is 6.61 Å². The summed E-state index contributed by atoms with van der Waals surface area (Å²) in [5.74, 6) is 1.25. The third-order valence-corrected chi connectivity index (χ3v) is 3.48. The van der Waals surface area contributed by atoms with Crippen molar-refractivity contribution in [3.63, 3.8) is 0 Å². The molecule has 3 rings (SSSR count). The Hall–Kier alpha value is -2.37. The molecular formula is C15H19N5O. The molecule has 1 aliphatic rings. The number of benzene rings is 1. The van der Waals surface area contributed by atoms with Crippen LogP contribution in [0, 0.1) is 5.92 Å². The van der Waals surface area contributed by atoms with Gasteiger partial charge in [-0.05, 0) is 30.9 Å². The van der Waals surface area contributed by atoms with E-state index in [0.29, 0.717) is 18.5 Å². The summed E-state index contributed by atoms with van der Waals surface area (Å²) in [6.45, 7) is 5.46. The fourth-order valence-electron chi connectivity index (χ4n) is 2.66. The molecule has 0 aliphatic carbocycles. The normalized spacial score (nSPS) is 17.4. The molecule has 2 aromatic rings. The van der Waals surface area contributed by atoms with Gasteiger partial charge in [0, 0.05) is 12.2 Å². The number of ether oxygens (including phenoxy) is 1. The van der Waals surface area contributed by atoms with E-state index in [2.05, 4.69) is 45.0 Å². The number of para-hydroxylation sites is 1. The molecule has 21 heavy (non-hydrogen) atoms. The Balaban J connectivity index is 2.04. The zero-order chi connectivity index (χ0) is 14.8. The lowest BCUT2D eigenvalue weighted by Crippen LogP contribution is -2.32. The number of aromatic nitrogens is 3. The van der Waals surface area contributed by atoms with Crippen LogP contribution in [-0.4, -0.2) is 28.1 Å². The van der Waals surface area contributed by atoms with Gasteiger partial charge < -0.3 is 15.4 Å². The molecule has 1 aromatic carbocycles. The Kier molecular flexibility index (Phi) is 3.60. The molecule has 1 unspecified atom stereocenters. The molecule has 0 saturated carbocycles. The van der Waals surface area contributed by atoms with E-state index >= 15 is 0 Å². The number of nitrogens with two attached hydrogens (primary N) is 1. The Morgan fingerprint density at radius 2 is 2.10 bits per heavy atom. The first-order valence-corrected chi connectivity index (χ1v) is 7.17. The van der Waals surface area contributed by atoms with Crippen LogP contribution in [0.15, 0.2) is 24.3 Å². The lowest BCUT2D eigenvalue weighted by atomic mass is 9.94. The van der Waals surface area contributed by atoms with Gasteiger partial charge in [0.1, 0.15) is 0 Å². The molecule has 6 nitrogen and oxygen atoms in total. The Morgan fingerprint density at radius 1 is 1.29 bits per heavy atom. The van der Waals surface area contributed by atoms with Crippen molar-refractivity contribution in [2.75, 3.05) is 23.8 Å². The van der Waals surface area contributed by atoms with Crippen LogP contribution < -0.4 is 15.4 Å². The van der Waals surface area contributed by atoms with Gasteiger partial charge in [-0.3, -0.25) is 0 Å². The second-order valence-electron chi connectivity index (χ2n) is 5.26. The highest BCUT2D eigenvalue weighted by Crippen LogP contribution is 2.34. The fraction of sp³-hybridized carbons (Fsp3) is 0.400. The average molecular weight is 285 g/mol. The van der Waals surface area contributed by atoms with Crippen LogP contribution in [-0.2, 0) is 6.42 Å². The van der Waals surface area contributed by atoms with E-state index in [0.717, 1.165) is 18.7 Å². The summed E-state index contributed by atoms with van der Waals surface area (Å²) in [5, 5.41) is 0. The topological polar surface area (TPSA) is 77.2 Å². The van der Waals surface area contributed by atoms with Gasteiger partial charge in [0.15, 0.2) is 0 Å². The van der Waals surface area contributed by atoms with E-state index in [1.165, 1.54) is 5.56 Å². The number of hydrogen-bond donors (Lipinski definition) is 1. The van der Waals surface area contributed by atoms with Gasteiger partial charge in [-0.25, -0.2) is 0 Å². The molecule has 0 radical (unpaired) electrons. The molecule has 2 heterocycles. The third-order valence-electron chi connectivity index (χ3n) is 3.48. The van der Waals surface area contributed by atoms with Crippen LogP contribution in [0.4, 0.5) is 17.6 Å². The van der Waals surface area contributed by atoms with Gasteiger partial charge in [-0.1, -0.05) is 25.1 Å². The molecule has 0 bridgehead atoms. The van der Waals surface area contributed by atoms with Crippen molar-refractivity contribution < 1.29 is 4.74 Å². The molecule has 110 valence electrons. The summed E-state index contributed by atoms with van der Waals surface area (Å²) >= 11 is 0. The summed E-state index contributed by atoms with van der Waals surface area (Å²) in [7, 11) is 0. The zero-order valence-corrected chi connectivity index (χ0v) is 12.3. The second kappa shape index (κ2) is 5.55. The van der Waals surface area contributed by atoms with Crippen molar-refractivity contribution >= 4 is 17.6 Å². The minimum Gasteiger partial charge on any atom is -0.464 e. The van der Waals surface area contributed by atoms with Crippen LogP contribution in [0.25, 0.3) is 0 Å². The number of anilines is 3. The fourth-order valence-corrected chi connectivity index (χ4v) is 2.66. The molecule has 1 aromatic heterocycles. The van der Waals surface area contributed by atoms with Gasteiger partial charge in [0.25, 0.3) is 0 Å². The first kappa shape index (κ1) is 13.6. The molecule has 1 atom stereocenters. The number of hydrogen-bond acceptors (Lipinski definition) is 6. The maximum atomic E-state index is 5.78. The van der Waals surface area contributed by atoms with E-state index < -0.39 is 0 Å². The number of nitrogen functional groups attached to an aromatic ring is 1. The highest BCUT2D eigenvalue weighted by atomic mass is 16.5. The van der Waals surface area contributed by atoms with E-state index in [1.807, 2.05) is 13.0 Å². The maximum absolute atomic E-state index is 5.78. The van der Waals surface area contributed by atoms with Crippen LogP contribution in [0.3, 0.4) is 0 Å². The van der Waals surface area contributed by atoms with Crippen molar-refractivity contribution in [1.29, 1.82) is 0 Å². The molecular weight excluding hydrogens is 266 g/mol. The zero-order valence-electron chi connectivity index (χ0n) is 12.3. The highest BCUT2D eigenvalue weighted by Gasteiger charge is 2.25. The summed E-state index contributed by atoms with van der Waals surface area (Å²) in [5.41, 5.74) is 8.21. The molecule has 0 saturated heterocycles. The smallest absolute Gasteiger partial charge is 0.323 e. The summed E-state index contributed by atoms with van der Waals surface area (Å²) in [6.07, 6.45) is 1.06. The van der Waals surface area contributed by atoms with E-state index in [1.54, 1.807) is 0 Å². The summed E-state index contributed by atoms with van der Waals surface area (Å²) in [6, 6.07) is 8.59. The van der Waals surface area contributed by atoms with E-state index in [4.69, 9.17) is 10.5 Å². The molecule has 2 N–H and O–H groups in total. The van der Waals surface area contributed by atoms with Crippen molar-refractivity contribution in [3.8, 4) is 6.01 Å². The second-order valence-corrected chi connectivity index (χ2v) is 5.26. The third kappa shape index (κ3) is 2.74. The van der Waals surface area contributed by atoms with E-state index in [-0.39, 0.29) is 12.0 Å². The van der Waals surface area contributed by atoms with Gasteiger partial charge in [0.2, 0.25) is 11.9 Å². The minimum absolute atomic E-state index is 0.180. The largest absolute Gasteiger partial charge is 0.464 e. The average Bonchev–Trinajstić information content (AvgIpc) is 2.46. The number of nitrogens with zero attached hydrogens (tertiary/aromatic N) is 4. The minimum atomic E-state index is 0.180.